The fraction of sp³-hybridized carbons (Fsp3) is 1.00. The molecule has 0 aliphatic heterocycles. The molecule has 0 N–H and O–H groups in total. The van der Waals surface area contributed by atoms with E-state index >= 15 is 0 Å². The smallest absolute Gasteiger partial charge is 0.0361 e. The van der Waals surface area contributed by atoms with Crippen LogP contribution in [0.3, 0.4) is 0 Å². The molecule has 0 saturated heterocycles. The molecule has 0 spiro atoms. The molecule has 0 atom stereocenters. The summed E-state index contributed by atoms with van der Waals surface area (Å²) in [6.07, 6.45) is 3.97. The number of hydrogen-bond donors (Lipinski definition) is 1. The average Bonchev–Trinajstić information content (AvgIpc) is 2.06. The highest BCUT2D eigenvalue weighted by Gasteiger charge is 2.29. The van der Waals surface area contributed by atoms with Crippen molar-refractivity contribution in [3.8, 4) is 0 Å². The van der Waals surface area contributed by atoms with Gasteiger partial charge in [0.1, 0.15) is 0 Å². The summed E-state index contributed by atoms with van der Waals surface area (Å²) in [7, 11) is -1.18. The first-order valence-electron chi connectivity index (χ1n) is 5.04. The van der Waals surface area contributed by atoms with Gasteiger partial charge in [-0.1, -0.05) is 27.7 Å². The molecule has 72 valence electrons. The van der Waals surface area contributed by atoms with Crippen LogP contribution >= 0.6 is 9.16 Å². The number of thiol groups is 1. The summed E-state index contributed by atoms with van der Waals surface area (Å²) in [6.45, 7) is 9.49. The van der Waals surface area contributed by atoms with Crippen LogP contribution in [0.25, 0.3) is 0 Å². The molecule has 0 fully saturated rings. The van der Waals surface area contributed by atoms with Crippen molar-refractivity contribution in [3.05, 3.63) is 0 Å². The third-order valence-electron chi connectivity index (χ3n) is 3.88. The molecule has 0 aromatic carbocycles. The molecule has 0 bridgehead atoms. The Hall–Kier alpha value is 0.350. The van der Waals surface area contributed by atoms with Gasteiger partial charge in [0.2, 0.25) is 0 Å². The van der Waals surface area contributed by atoms with Gasteiger partial charge in [0, 0.05) is 0 Å². The number of hydrogen-bond acceptors (Lipinski definition) is 0. The van der Waals surface area contributed by atoms with E-state index in [-0.39, 0.29) is 0 Å². The summed E-state index contributed by atoms with van der Waals surface area (Å²) in [6, 6.07) is 0. The van der Waals surface area contributed by atoms with Gasteiger partial charge in [-0.3, -0.25) is 9.16 Å². The second-order valence-electron chi connectivity index (χ2n) is 4.28. The van der Waals surface area contributed by atoms with Crippen molar-refractivity contribution in [1.29, 1.82) is 0 Å². The molecule has 0 amide bonds. The summed E-state index contributed by atoms with van der Waals surface area (Å²) in [5, 5.41) is 0. The zero-order chi connectivity index (χ0) is 8.98. The first-order chi connectivity index (χ1) is 5.04. The lowest BCUT2D eigenvalue weighted by atomic mass is 10.6. The maximum absolute atomic E-state index is 2.59. The molecular formula is C10H26S. The van der Waals surface area contributed by atoms with Gasteiger partial charge in [-0.25, -0.2) is 0 Å². The third-order valence-corrected chi connectivity index (χ3v) is 11.6. The molecule has 0 aromatic heterocycles. The van der Waals surface area contributed by atoms with Gasteiger partial charge in [0.15, 0.2) is 0 Å². The van der Waals surface area contributed by atoms with E-state index in [1.54, 1.807) is 0 Å². The molecule has 0 nitrogen and oxygen atoms in total. The highest BCUT2D eigenvalue weighted by molar-refractivity contribution is 8.49. The van der Waals surface area contributed by atoms with Gasteiger partial charge in [0.05, 0.1) is 0 Å². The largest absolute Gasteiger partial charge is 0.286 e. The topological polar surface area (TPSA) is 0 Å². The second kappa shape index (κ2) is 3.84. The minimum Gasteiger partial charge on any atom is -0.286 e. The van der Waals surface area contributed by atoms with Crippen LogP contribution < -0.4 is 0 Å². The lowest BCUT2D eigenvalue weighted by molar-refractivity contribution is 1.07. The van der Waals surface area contributed by atoms with Crippen molar-refractivity contribution in [2.24, 2.45) is 0 Å². The van der Waals surface area contributed by atoms with Gasteiger partial charge >= 0.3 is 0 Å². The first kappa shape index (κ1) is 11.4. The Morgan fingerprint density at radius 1 is 0.818 bits per heavy atom. The highest BCUT2D eigenvalue weighted by Crippen LogP contribution is 2.65. The van der Waals surface area contributed by atoms with E-state index in [0.717, 1.165) is 0 Å². The van der Waals surface area contributed by atoms with Crippen LogP contribution in [-0.4, -0.2) is 29.3 Å². The molecule has 1 heteroatoms. The molecule has 0 heterocycles. The molecule has 0 aliphatic rings. The summed E-state index contributed by atoms with van der Waals surface area (Å²) in [4.78, 5) is 0. The lowest BCUT2D eigenvalue weighted by Gasteiger charge is -2.57. The van der Waals surface area contributed by atoms with Gasteiger partial charge in [-0.05, 0) is 35.7 Å². The van der Waals surface area contributed by atoms with Gasteiger partial charge in [0.25, 0.3) is 0 Å². The highest BCUT2D eigenvalue weighted by atomic mass is 32.3. The predicted octanol–water partition coefficient (Wildman–Crippen LogP) is 3.16. The van der Waals surface area contributed by atoms with Crippen molar-refractivity contribution in [2.45, 2.75) is 34.1 Å². The SMILES string of the molecule is CCC[SH](C)(CC)(CC)CC. The van der Waals surface area contributed by atoms with Crippen LogP contribution in [0.5, 0.6) is 0 Å². The van der Waals surface area contributed by atoms with Gasteiger partial charge in [-0.15, -0.1) is 0 Å². The van der Waals surface area contributed by atoms with Crippen LogP contribution in [0.15, 0.2) is 0 Å². The van der Waals surface area contributed by atoms with Crippen molar-refractivity contribution in [2.75, 3.05) is 29.3 Å². The maximum atomic E-state index is 2.59. The monoisotopic (exact) mass is 178 g/mol. The molecule has 0 aliphatic carbocycles. The molecule has 0 radical (unpaired) electrons. The molecule has 0 aromatic rings. The van der Waals surface area contributed by atoms with Crippen LogP contribution in [0, 0.1) is 0 Å². The normalized spacial score (nSPS) is 15.9. The Balaban J connectivity index is 4.44. The predicted molar refractivity (Wildman–Crippen MR) is 61.7 cm³/mol. The van der Waals surface area contributed by atoms with Crippen LogP contribution in [0.4, 0.5) is 0 Å². The summed E-state index contributed by atoms with van der Waals surface area (Å²) in [5.74, 6) is 5.86. The van der Waals surface area contributed by atoms with E-state index in [0.29, 0.717) is 0 Å². The Kier molecular flexibility index (Phi) is 3.96. The zero-order valence-corrected chi connectivity index (χ0v) is 9.88. The Morgan fingerprint density at radius 2 is 1.18 bits per heavy atom. The molecule has 0 rings (SSSR count). The summed E-state index contributed by atoms with van der Waals surface area (Å²) in [5.41, 5.74) is 0. The lowest BCUT2D eigenvalue weighted by Crippen LogP contribution is -2.27. The summed E-state index contributed by atoms with van der Waals surface area (Å²) < 4.78 is 0. The first-order valence-corrected chi connectivity index (χ1v) is 8.46. The minimum absolute atomic E-state index is 1.18. The molecule has 0 unspecified atom stereocenters. The average molecular weight is 178 g/mol. The second-order valence-corrected chi connectivity index (χ2v) is 11.8. The number of rotatable bonds is 5. The minimum atomic E-state index is -1.18. The standard InChI is InChI=1S/C10H26S/c1-6-10-11(5,7-2,8-3)9-4/h11H,6-10H2,1-5H3. The zero-order valence-electron chi connectivity index (χ0n) is 8.98. The van der Waals surface area contributed by atoms with Gasteiger partial charge < -0.3 is 0 Å². The Morgan fingerprint density at radius 3 is 1.27 bits per heavy atom. The maximum Gasteiger partial charge on any atom is -0.0361 e. The third kappa shape index (κ3) is 2.40. The Bertz CT molecular complexity index is 103. The molecule has 11 heavy (non-hydrogen) atoms. The van der Waals surface area contributed by atoms with Crippen molar-refractivity contribution in [1.82, 2.24) is 0 Å². The van der Waals surface area contributed by atoms with E-state index in [4.69, 9.17) is 0 Å². The van der Waals surface area contributed by atoms with E-state index in [2.05, 4.69) is 34.0 Å². The molecule has 0 saturated carbocycles. The van der Waals surface area contributed by atoms with Crippen molar-refractivity contribution < 1.29 is 0 Å². The molecular weight excluding hydrogens is 152 g/mol. The van der Waals surface area contributed by atoms with E-state index in [9.17, 15) is 0 Å². The quantitative estimate of drug-likeness (QED) is 0.614. The van der Waals surface area contributed by atoms with E-state index in [1.807, 2.05) is 0 Å². The van der Waals surface area contributed by atoms with Gasteiger partial charge in [-0.2, -0.15) is 0 Å². The van der Waals surface area contributed by atoms with Crippen molar-refractivity contribution >= 4 is 9.16 Å². The summed E-state index contributed by atoms with van der Waals surface area (Å²) >= 11 is 0. The Labute approximate surface area is 73.1 Å². The fourth-order valence-corrected chi connectivity index (χ4v) is 5.53. The van der Waals surface area contributed by atoms with E-state index in [1.165, 1.54) is 29.4 Å². The van der Waals surface area contributed by atoms with Crippen LogP contribution in [0.1, 0.15) is 34.1 Å². The van der Waals surface area contributed by atoms with Crippen LogP contribution in [0.2, 0.25) is 0 Å². The van der Waals surface area contributed by atoms with E-state index < -0.39 is 9.16 Å². The van der Waals surface area contributed by atoms with Crippen molar-refractivity contribution in [3.63, 3.8) is 0 Å². The van der Waals surface area contributed by atoms with Crippen LogP contribution in [-0.2, 0) is 0 Å². The fourth-order valence-electron chi connectivity index (χ4n) is 1.84.